The van der Waals surface area contributed by atoms with Gasteiger partial charge in [0, 0.05) is 50.4 Å². The Hall–Kier alpha value is -2.19. The molecule has 0 radical (unpaired) electrons. The smallest absolute Gasteiger partial charge is 0.283 e. The molecule has 2 rings (SSSR count). The number of likely N-dealkylation sites (N-methyl/N-ethyl adjacent to an activating group) is 1. The molecule has 9 heteroatoms. The Morgan fingerprint density at radius 2 is 1.89 bits per heavy atom. The van der Waals surface area contributed by atoms with E-state index in [0.29, 0.717) is 52.2 Å². The van der Waals surface area contributed by atoms with Crippen LogP contribution in [0.15, 0.2) is 18.2 Å². The van der Waals surface area contributed by atoms with E-state index in [9.17, 15) is 19.7 Å². The molecule has 1 aromatic carbocycles. The molecule has 1 aliphatic heterocycles. The maximum Gasteiger partial charge on any atom is 0.283 e. The van der Waals surface area contributed by atoms with Gasteiger partial charge in [-0.25, -0.2) is 0 Å². The summed E-state index contributed by atoms with van der Waals surface area (Å²) in [7, 11) is 0. The van der Waals surface area contributed by atoms with Crippen LogP contribution in [0.1, 0.15) is 30.6 Å². The number of nitrogens with zero attached hydrogens (tertiary/aromatic N) is 4. The van der Waals surface area contributed by atoms with Gasteiger partial charge in [0.05, 0.1) is 11.5 Å². The predicted molar refractivity (Wildman–Crippen MR) is 103 cm³/mol. The molecular formula is C18H25ClN4O4. The van der Waals surface area contributed by atoms with Crippen LogP contribution in [0.3, 0.4) is 0 Å². The minimum atomic E-state index is -0.591. The third kappa shape index (κ3) is 5.40. The molecule has 0 aliphatic carbocycles. The van der Waals surface area contributed by atoms with Crippen molar-refractivity contribution in [1.82, 2.24) is 14.7 Å². The second-order valence-corrected chi connectivity index (χ2v) is 6.84. The Kier molecular flexibility index (Phi) is 7.55. The maximum atomic E-state index is 12.8. The van der Waals surface area contributed by atoms with Crippen molar-refractivity contribution in [3.8, 4) is 0 Å². The third-order valence-electron chi connectivity index (χ3n) is 4.74. The summed E-state index contributed by atoms with van der Waals surface area (Å²) in [6.07, 6.45) is 0.707. The van der Waals surface area contributed by atoms with E-state index in [-0.39, 0.29) is 28.1 Å². The van der Waals surface area contributed by atoms with Crippen LogP contribution < -0.4 is 0 Å². The van der Waals surface area contributed by atoms with Gasteiger partial charge in [-0.2, -0.15) is 0 Å². The summed E-state index contributed by atoms with van der Waals surface area (Å²) in [5, 5.41) is 11.5. The maximum absolute atomic E-state index is 12.8. The van der Waals surface area contributed by atoms with E-state index in [2.05, 4.69) is 0 Å². The highest BCUT2D eigenvalue weighted by atomic mass is 35.5. The zero-order chi connectivity index (χ0) is 20.0. The summed E-state index contributed by atoms with van der Waals surface area (Å²) in [6, 6.07) is 4.08. The van der Waals surface area contributed by atoms with E-state index in [1.54, 1.807) is 9.80 Å². The molecule has 0 aromatic heterocycles. The van der Waals surface area contributed by atoms with Gasteiger partial charge >= 0.3 is 0 Å². The lowest BCUT2D eigenvalue weighted by Gasteiger charge is -2.25. The second-order valence-electron chi connectivity index (χ2n) is 6.41. The number of benzene rings is 1. The van der Waals surface area contributed by atoms with Crippen molar-refractivity contribution in [2.24, 2.45) is 0 Å². The summed E-state index contributed by atoms with van der Waals surface area (Å²) in [5.74, 6) is -0.302. The van der Waals surface area contributed by atoms with Crippen molar-refractivity contribution in [3.63, 3.8) is 0 Å². The number of hydrogen-bond donors (Lipinski definition) is 0. The Balaban J connectivity index is 2.05. The monoisotopic (exact) mass is 396 g/mol. The number of rotatable bonds is 6. The molecule has 0 saturated carbocycles. The third-order valence-corrected chi connectivity index (χ3v) is 4.97. The van der Waals surface area contributed by atoms with Gasteiger partial charge in [0.2, 0.25) is 5.91 Å². The lowest BCUT2D eigenvalue weighted by atomic mass is 10.1. The van der Waals surface area contributed by atoms with E-state index >= 15 is 0 Å². The number of halogens is 1. The molecule has 1 saturated heterocycles. The zero-order valence-electron chi connectivity index (χ0n) is 15.7. The standard InChI is InChI=1S/C18H25ClN4O4/c1-3-21(4-2)17(24)13-20-8-5-9-22(11-10-20)18(25)15-7-6-14(19)12-16(15)23(26)27/h6-7,12H,3-5,8-11,13H2,1-2H3. The molecule has 8 nitrogen and oxygen atoms in total. The molecule has 148 valence electrons. The molecule has 0 spiro atoms. The summed E-state index contributed by atoms with van der Waals surface area (Å²) in [5.41, 5.74) is -0.248. The Bertz CT molecular complexity index is 709. The Morgan fingerprint density at radius 3 is 2.52 bits per heavy atom. The van der Waals surface area contributed by atoms with E-state index in [4.69, 9.17) is 11.6 Å². The van der Waals surface area contributed by atoms with Crippen LogP contribution in [0.2, 0.25) is 5.02 Å². The molecular weight excluding hydrogens is 372 g/mol. The summed E-state index contributed by atoms with van der Waals surface area (Å²) < 4.78 is 0. The first kappa shape index (κ1) is 21.1. The average Bonchev–Trinajstić information content (AvgIpc) is 2.87. The first-order valence-corrected chi connectivity index (χ1v) is 9.48. The van der Waals surface area contributed by atoms with Gasteiger partial charge in [0.1, 0.15) is 5.56 Å². The minimum absolute atomic E-state index is 0.0390. The highest BCUT2D eigenvalue weighted by Gasteiger charge is 2.27. The van der Waals surface area contributed by atoms with Gasteiger partial charge in [0.25, 0.3) is 11.6 Å². The van der Waals surface area contributed by atoms with Crippen molar-refractivity contribution in [2.45, 2.75) is 20.3 Å². The number of carbonyl (C=O) groups is 2. The number of carbonyl (C=O) groups excluding carboxylic acids is 2. The molecule has 0 unspecified atom stereocenters. The average molecular weight is 397 g/mol. The molecule has 2 amide bonds. The van der Waals surface area contributed by atoms with Gasteiger partial charge < -0.3 is 9.80 Å². The molecule has 0 atom stereocenters. The fourth-order valence-corrected chi connectivity index (χ4v) is 3.37. The van der Waals surface area contributed by atoms with Gasteiger partial charge in [-0.05, 0) is 32.4 Å². The summed E-state index contributed by atoms with van der Waals surface area (Å²) in [4.78, 5) is 41.2. The minimum Gasteiger partial charge on any atom is -0.342 e. The fourth-order valence-electron chi connectivity index (χ4n) is 3.21. The Labute approximate surface area is 163 Å². The van der Waals surface area contributed by atoms with Crippen LogP contribution in [-0.4, -0.2) is 77.3 Å². The van der Waals surface area contributed by atoms with Crippen molar-refractivity contribution < 1.29 is 14.5 Å². The van der Waals surface area contributed by atoms with Crippen LogP contribution in [0.5, 0.6) is 0 Å². The first-order chi connectivity index (χ1) is 12.9. The summed E-state index contributed by atoms with van der Waals surface area (Å²) >= 11 is 5.82. The van der Waals surface area contributed by atoms with E-state index < -0.39 is 4.92 Å². The quantitative estimate of drug-likeness (QED) is 0.543. The second kappa shape index (κ2) is 9.66. The van der Waals surface area contributed by atoms with Crippen molar-refractivity contribution in [2.75, 3.05) is 45.8 Å². The molecule has 1 heterocycles. The highest BCUT2D eigenvalue weighted by Crippen LogP contribution is 2.25. The van der Waals surface area contributed by atoms with Crippen molar-refractivity contribution in [3.05, 3.63) is 38.9 Å². The van der Waals surface area contributed by atoms with Crippen LogP contribution in [0, 0.1) is 10.1 Å². The van der Waals surface area contributed by atoms with Crippen molar-refractivity contribution in [1.29, 1.82) is 0 Å². The topological polar surface area (TPSA) is 87.0 Å². The molecule has 1 fully saturated rings. The van der Waals surface area contributed by atoms with E-state index in [0.717, 1.165) is 0 Å². The predicted octanol–water partition coefficient (Wildman–Crippen LogP) is 2.26. The normalized spacial score (nSPS) is 15.3. The highest BCUT2D eigenvalue weighted by molar-refractivity contribution is 6.31. The molecule has 0 N–H and O–H groups in total. The van der Waals surface area contributed by atoms with E-state index in [1.165, 1.54) is 18.2 Å². The number of hydrogen-bond acceptors (Lipinski definition) is 5. The lowest BCUT2D eigenvalue weighted by Crippen LogP contribution is -2.42. The lowest BCUT2D eigenvalue weighted by molar-refractivity contribution is -0.385. The van der Waals surface area contributed by atoms with Gasteiger partial charge in [-0.3, -0.25) is 24.6 Å². The van der Waals surface area contributed by atoms with Crippen LogP contribution >= 0.6 is 11.6 Å². The largest absolute Gasteiger partial charge is 0.342 e. The SMILES string of the molecule is CCN(CC)C(=O)CN1CCCN(C(=O)c2ccc(Cl)cc2[N+](=O)[O-])CC1. The molecule has 1 aromatic rings. The first-order valence-electron chi connectivity index (χ1n) is 9.10. The molecule has 0 bridgehead atoms. The van der Waals surface area contributed by atoms with Crippen LogP contribution in [-0.2, 0) is 4.79 Å². The van der Waals surface area contributed by atoms with Gasteiger partial charge in [-0.1, -0.05) is 11.6 Å². The van der Waals surface area contributed by atoms with Crippen LogP contribution in [0.4, 0.5) is 5.69 Å². The van der Waals surface area contributed by atoms with Crippen LogP contribution in [0.25, 0.3) is 0 Å². The Morgan fingerprint density at radius 1 is 1.19 bits per heavy atom. The zero-order valence-corrected chi connectivity index (χ0v) is 16.4. The number of amides is 2. The van der Waals surface area contributed by atoms with Gasteiger partial charge in [-0.15, -0.1) is 0 Å². The van der Waals surface area contributed by atoms with Crippen molar-refractivity contribution >= 4 is 29.1 Å². The fraction of sp³-hybridized carbons (Fsp3) is 0.556. The van der Waals surface area contributed by atoms with Gasteiger partial charge in [0.15, 0.2) is 0 Å². The number of nitro benzene ring substituents is 1. The number of nitro groups is 1. The van der Waals surface area contributed by atoms with E-state index in [1.807, 2.05) is 18.7 Å². The molecule has 1 aliphatic rings. The summed E-state index contributed by atoms with van der Waals surface area (Å²) in [6.45, 7) is 7.75. The molecule has 27 heavy (non-hydrogen) atoms.